The Morgan fingerprint density at radius 3 is 2.68 bits per heavy atom. The first kappa shape index (κ1) is 18.7. The summed E-state index contributed by atoms with van der Waals surface area (Å²) in [5, 5.41) is 4.98. The Bertz CT molecular complexity index is 1210. The number of benzene rings is 2. The molecule has 0 spiro atoms. The molecule has 0 radical (unpaired) electrons. The van der Waals surface area contributed by atoms with Gasteiger partial charge in [0.15, 0.2) is 5.82 Å². The lowest BCUT2D eigenvalue weighted by Crippen LogP contribution is -2.23. The molecule has 0 aliphatic rings. The molecule has 0 saturated carbocycles. The summed E-state index contributed by atoms with van der Waals surface area (Å²) in [5.74, 6) is 1.34. The van der Waals surface area contributed by atoms with Gasteiger partial charge in [-0.1, -0.05) is 54.5 Å². The van der Waals surface area contributed by atoms with E-state index in [2.05, 4.69) is 17.0 Å². The zero-order chi connectivity index (χ0) is 19.5. The first-order valence-electron chi connectivity index (χ1n) is 9.05. The summed E-state index contributed by atoms with van der Waals surface area (Å²) in [6.45, 7) is 2.84. The lowest BCUT2D eigenvalue weighted by atomic mass is 10.2. The number of thiazole rings is 1. The zero-order valence-electron chi connectivity index (χ0n) is 15.3. The van der Waals surface area contributed by atoms with Gasteiger partial charge in [-0.15, -0.1) is 5.10 Å². The largest absolute Gasteiger partial charge is 0.494 e. The molecule has 0 aliphatic heterocycles. The van der Waals surface area contributed by atoms with Crippen LogP contribution in [0, 0.1) is 0 Å². The van der Waals surface area contributed by atoms with E-state index < -0.39 is 0 Å². The highest BCUT2D eigenvalue weighted by molar-refractivity contribution is 7.15. The van der Waals surface area contributed by atoms with E-state index in [1.54, 1.807) is 12.1 Å². The van der Waals surface area contributed by atoms with Crippen molar-refractivity contribution in [2.24, 2.45) is 0 Å². The van der Waals surface area contributed by atoms with E-state index in [1.807, 2.05) is 42.5 Å². The maximum Gasteiger partial charge on any atom is 0.291 e. The minimum atomic E-state index is -0.196. The Morgan fingerprint density at radius 1 is 1.18 bits per heavy atom. The third kappa shape index (κ3) is 3.79. The molecule has 0 aliphatic carbocycles. The van der Waals surface area contributed by atoms with Gasteiger partial charge in [0, 0.05) is 10.6 Å². The second-order valence-electron chi connectivity index (χ2n) is 6.29. The van der Waals surface area contributed by atoms with Gasteiger partial charge < -0.3 is 4.74 Å². The third-order valence-corrected chi connectivity index (χ3v) is 5.56. The topological polar surface area (TPSA) is 56.5 Å². The van der Waals surface area contributed by atoms with Crippen LogP contribution in [0.1, 0.15) is 25.3 Å². The lowest BCUT2D eigenvalue weighted by molar-refractivity contribution is 0.309. The van der Waals surface area contributed by atoms with Crippen molar-refractivity contribution in [3.63, 3.8) is 0 Å². The molecule has 4 rings (SSSR count). The molecule has 28 heavy (non-hydrogen) atoms. The van der Waals surface area contributed by atoms with Crippen LogP contribution in [-0.4, -0.2) is 21.2 Å². The quantitative estimate of drug-likeness (QED) is 0.446. The van der Waals surface area contributed by atoms with Gasteiger partial charge in [0.1, 0.15) is 5.75 Å². The maximum absolute atomic E-state index is 12.7. The van der Waals surface area contributed by atoms with Crippen molar-refractivity contribution < 1.29 is 4.74 Å². The van der Waals surface area contributed by atoms with E-state index in [4.69, 9.17) is 16.3 Å². The molecular formula is C21H18ClN3O2S. The van der Waals surface area contributed by atoms with Crippen LogP contribution < -0.4 is 14.8 Å². The zero-order valence-corrected chi connectivity index (χ0v) is 16.8. The van der Waals surface area contributed by atoms with Crippen LogP contribution in [0.5, 0.6) is 5.75 Å². The fourth-order valence-corrected chi connectivity index (χ4v) is 3.81. The van der Waals surface area contributed by atoms with Crippen LogP contribution in [-0.2, 0) is 0 Å². The fourth-order valence-electron chi connectivity index (χ4n) is 2.72. The fraction of sp³-hybridized carbons (Fsp3) is 0.190. The Kier molecular flexibility index (Phi) is 5.41. The minimum absolute atomic E-state index is 0.196. The Hall–Kier alpha value is -2.70. The first-order chi connectivity index (χ1) is 13.7. The van der Waals surface area contributed by atoms with Gasteiger partial charge in [-0.25, -0.2) is 0 Å². The van der Waals surface area contributed by atoms with Gasteiger partial charge >= 0.3 is 0 Å². The minimum Gasteiger partial charge on any atom is -0.494 e. The molecule has 0 N–H and O–H groups in total. The molecule has 0 fully saturated rings. The molecule has 2 aromatic carbocycles. The molecule has 2 heterocycles. The second-order valence-corrected chi connectivity index (χ2v) is 7.71. The van der Waals surface area contributed by atoms with Crippen LogP contribution in [0.4, 0.5) is 0 Å². The highest BCUT2D eigenvalue weighted by Crippen LogP contribution is 2.21. The maximum atomic E-state index is 12.7. The van der Waals surface area contributed by atoms with Crippen molar-refractivity contribution in [2.75, 3.05) is 6.61 Å². The van der Waals surface area contributed by atoms with E-state index in [0.29, 0.717) is 26.9 Å². The van der Waals surface area contributed by atoms with E-state index in [1.165, 1.54) is 15.9 Å². The lowest BCUT2D eigenvalue weighted by Gasteiger charge is -2.05. The molecule has 0 bridgehead atoms. The van der Waals surface area contributed by atoms with Crippen molar-refractivity contribution in [1.82, 2.24) is 14.6 Å². The number of hydrogen-bond donors (Lipinski definition) is 0. The standard InChI is InChI=1S/C21H18ClN3O2S/c1-2-3-12-27-16-10-8-14(9-11-16)19-23-21-25(24-19)20(26)18(28-21)13-15-6-4-5-7-17(15)22/h4-11,13H,2-3,12H2,1H3/b18-13+. The number of ether oxygens (including phenoxy) is 1. The van der Waals surface area contributed by atoms with Gasteiger partial charge in [0.25, 0.3) is 5.56 Å². The summed E-state index contributed by atoms with van der Waals surface area (Å²) in [6, 6.07) is 15.0. The van der Waals surface area contributed by atoms with Crippen molar-refractivity contribution in [3.8, 4) is 17.1 Å². The van der Waals surface area contributed by atoms with Gasteiger partial charge in [0.2, 0.25) is 4.96 Å². The van der Waals surface area contributed by atoms with Gasteiger partial charge in [0.05, 0.1) is 11.1 Å². The van der Waals surface area contributed by atoms with Gasteiger partial charge in [-0.05, 0) is 48.4 Å². The number of unbranched alkanes of at least 4 members (excludes halogenated alkanes) is 1. The number of aromatic nitrogens is 3. The van der Waals surface area contributed by atoms with Crippen molar-refractivity contribution in [1.29, 1.82) is 0 Å². The number of nitrogens with zero attached hydrogens (tertiary/aromatic N) is 3. The van der Waals surface area contributed by atoms with E-state index >= 15 is 0 Å². The van der Waals surface area contributed by atoms with Crippen molar-refractivity contribution >= 4 is 34.0 Å². The Labute approximate surface area is 170 Å². The Balaban J connectivity index is 1.63. The second kappa shape index (κ2) is 8.12. The highest BCUT2D eigenvalue weighted by Gasteiger charge is 2.12. The normalized spacial score (nSPS) is 12.0. The molecule has 0 atom stereocenters. The Morgan fingerprint density at radius 2 is 1.96 bits per heavy atom. The summed E-state index contributed by atoms with van der Waals surface area (Å²) in [6.07, 6.45) is 3.90. The number of hydrogen-bond acceptors (Lipinski definition) is 5. The van der Waals surface area contributed by atoms with E-state index in [0.717, 1.165) is 29.7 Å². The average molecular weight is 412 g/mol. The third-order valence-electron chi connectivity index (χ3n) is 4.25. The molecule has 142 valence electrons. The molecule has 7 heteroatoms. The SMILES string of the molecule is CCCCOc1ccc(-c2nc3s/c(=C/c4ccccc4Cl)c(=O)n3n2)cc1. The number of halogens is 1. The van der Waals surface area contributed by atoms with Crippen LogP contribution in [0.25, 0.3) is 22.4 Å². The molecule has 5 nitrogen and oxygen atoms in total. The van der Waals surface area contributed by atoms with Crippen LogP contribution >= 0.6 is 22.9 Å². The molecule has 0 unspecified atom stereocenters. The first-order valence-corrected chi connectivity index (χ1v) is 10.2. The van der Waals surface area contributed by atoms with E-state index in [9.17, 15) is 4.79 Å². The molecule has 0 saturated heterocycles. The van der Waals surface area contributed by atoms with Crippen molar-refractivity contribution in [3.05, 3.63) is 74.0 Å². The summed E-state index contributed by atoms with van der Waals surface area (Å²) in [5.41, 5.74) is 1.44. The predicted octanol–water partition coefficient (Wildman–Crippen LogP) is 4.20. The molecule has 2 aromatic heterocycles. The number of fused-ring (bicyclic) bond motifs is 1. The smallest absolute Gasteiger partial charge is 0.291 e. The monoisotopic (exact) mass is 411 g/mol. The molecular weight excluding hydrogens is 394 g/mol. The highest BCUT2D eigenvalue weighted by atomic mass is 35.5. The summed E-state index contributed by atoms with van der Waals surface area (Å²) in [4.78, 5) is 17.7. The van der Waals surface area contributed by atoms with E-state index in [-0.39, 0.29) is 5.56 Å². The molecule has 0 amide bonds. The van der Waals surface area contributed by atoms with Crippen LogP contribution in [0.2, 0.25) is 5.02 Å². The molecule has 4 aromatic rings. The predicted molar refractivity (Wildman–Crippen MR) is 113 cm³/mol. The van der Waals surface area contributed by atoms with Crippen LogP contribution in [0.3, 0.4) is 0 Å². The average Bonchev–Trinajstić information content (AvgIpc) is 3.24. The van der Waals surface area contributed by atoms with Gasteiger partial charge in [-0.2, -0.15) is 9.50 Å². The summed E-state index contributed by atoms with van der Waals surface area (Å²) < 4.78 is 7.57. The summed E-state index contributed by atoms with van der Waals surface area (Å²) >= 11 is 7.48. The summed E-state index contributed by atoms with van der Waals surface area (Å²) in [7, 11) is 0. The van der Waals surface area contributed by atoms with Crippen LogP contribution in [0.15, 0.2) is 53.3 Å². The van der Waals surface area contributed by atoms with Gasteiger partial charge in [-0.3, -0.25) is 4.79 Å². The number of rotatable bonds is 6. The van der Waals surface area contributed by atoms with Crippen molar-refractivity contribution in [2.45, 2.75) is 19.8 Å².